The number of nitrogens with zero attached hydrogens (tertiary/aromatic N) is 3. The third-order valence-electron chi connectivity index (χ3n) is 3.62. The molecule has 0 aromatic carbocycles. The first-order valence-electron chi connectivity index (χ1n) is 6.14. The highest BCUT2D eigenvalue weighted by atomic mass is 35.5. The molecule has 1 fully saturated rings. The third-order valence-corrected chi connectivity index (χ3v) is 3.89. The smallest absolute Gasteiger partial charge is 0.155 e. The van der Waals surface area contributed by atoms with Crippen molar-refractivity contribution in [3.05, 3.63) is 35.4 Å². The highest BCUT2D eigenvalue weighted by Gasteiger charge is 2.26. The maximum atomic E-state index is 6.18. The van der Waals surface area contributed by atoms with E-state index in [0.717, 1.165) is 24.4 Å². The minimum Gasteiger partial charge on any atom is -0.303 e. The number of imidazole rings is 1. The Morgan fingerprint density at radius 3 is 3.12 bits per heavy atom. The van der Waals surface area contributed by atoms with E-state index in [-0.39, 0.29) is 0 Å². The molecule has 1 aliphatic rings. The van der Waals surface area contributed by atoms with Crippen molar-refractivity contribution in [1.29, 1.82) is 0 Å². The molecule has 1 saturated heterocycles. The van der Waals surface area contributed by atoms with Gasteiger partial charge in [-0.3, -0.25) is 0 Å². The number of halogens is 1. The molecule has 1 unspecified atom stereocenters. The SMILES string of the molecule is CCN1CCC(c2nc(Cl)c3ccccn23)C1. The molecule has 1 atom stereocenters. The number of likely N-dealkylation sites (N-methyl/N-ethyl adjacent to an activating group) is 1. The predicted molar refractivity (Wildman–Crippen MR) is 69.7 cm³/mol. The van der Waals surface area contributed by atoms with Gasteiger partial charge < -0.3 is 9.30 Å². The van der Waals surface area contributed by atoms with Crippen molar-refractivity contribution < 1.29 is 0 Å². The van der Waals surface area contributed by atoms with Crippen molar-refractivity contribution in [2.24, 2.45) is 0 Å². The minimum atomic E-state index is 0.511. The summed E-state index contributed by atoms with van der Waals surface area (Å²) in [5.74, 6) is 1.62. The van der Waals surface area contributed by atoms with Crippen LogP contribution in [0.3, 0.4) is 0 Å². The summed E-state index contributed by atoms with van der Waals surface area (Å²) in [5.41, 5.74) is 1.01. The molecular weight excluding hydrogens is 234 g/mol. The number of hydrogen-bond acceptors (Lipinski definition) is 2. The second kappa shape index (κ2) is 4.31. The average molecular weight is 250 g/mol. The van der Waals surface area contributed by atoms with Crippen molar-refractivity contribution in [3.8, 4) is 0 Å². The molecule has 4 heteroatoms. The summed E-state index contributed by atoms with van der Waals surface area (Å²) in [5, 5.41) is 0.621. The van der Waals surface area contributed by atoms with Gasteiger partial charge in [-0.15, -0.1) is 0 Å². The average Bonchev–Trinajstić information content (AvgIpc) is 2.95. The van der Waals surface area contributed by atoms with Crippen LogP contribution in [-0.2, 0) is 0 Å². The molecule has 0 bridgehead atoms. The zero-order valence-corrected chi connectivity index (χ0v) is 10.7. The second-order valence-corrected chi connectivity index (χ2v) is 4.95. The highest BCUT2D eigenvalue weighted by Crippen LogP contribution is 2.29. The van der Waals surface area contributed by atoms with Crippen LogP contribution in [0, 0.1) is 0 Å². The zero-order chi connectivity index (χ0) is 11.8. The van der Waals surface area contributed by atoms with Crippen molar-refractivity contribution in [1.82, 2.24) is 14.3 Å². The Morgan fingerprint density at radius 1 is 1.47 bits per heavy atom. The summed E-state index contributed by atoms with van der Waals surface area (Å²) in [6.45, 7) is 5.59. The van der Waals surface area contributed by atoms with E-state index in [1.807, 2.05) is 18.2 Å². The molecule has 3 heterocycles. The van der Waals surface area contributed by atoms with Crippen molar-refractivity contribution >= 4 is 17.1 Å². The Hall–Kier alpha value is -1.06. The fourth-order valence-corrected chi connectivity index (χ4v) is 2.88. The first kappa shape index (κ1) is 11.1. The number of hydrogen-bond donors (Lipinski definition) is 0. The maximum Gasteiger partial charge on any atom is 0.155 e. The van der Waals surface area contributed by atoms with Gasteiger partial charge in [-0.25, -0.2) is 4.98 Å². The van der Waals surface area contributed by atoms with Crippen LogP contribution < -0.4 is 0 Å². The number of aromatic nitrogens is 2. The lowest BCUT2D eigenvalue weighted by Crippen LogP contribution is -2.19. The molecule has 2 aromatic rings. The number of likely N-dealkylation sites (tertiary alicyclic amines) is 1. The van der Waals surface area contributed by atoms with Crippen LogP contribution >= 0.6 is 11.6 Å². The van der Waals surface area contributed by atoms with E-state index in [4.69, 9.17) is 11.6 Å². The van der Waals surface area contributed by atoms with Crippen LogP contribution in [0.4, 0.5) is 0 Å². The van der Waals surface area contributed by atoms with Gasteiger partial charge in [-0.1, -0.05) is 24.6 Å². The molecule has 1 aliphatic heterocycles. The molecule has 0 radical (unpaired) electrons. The lowest BCUT2D eigenvalue weighted by Gasteiger charge is -2.12. The zero-order valence-electron chi connectivity index (χ0n) is 9.93. The van der Waals surface area contributed by atoms with Crippen LogP contribution in [0.15, 0.2) is 24.4 Å². The summed E-state index contributed by atoms with van der Waals surface area (Å²) in [6.07, 6.45) is 3.23. The Bertz CT molecular complexity index is 534. The number of fused-ring (bicyclic) bond motifs is 1. The van der Waals surface area contributed by atoms with Crippen LogP contribution in [0.25, 0.3) is 5.52 Å². The van der Waals surface area contributed by atoms with Gasteiger partial charge in [-0.2, -0.15) is 0 Å². The van der Waals surface area contributed by atoms with E-state index in [9.17, 15) is 0 Å². The lowest BCUT2D eigenvalue weighted by molar-refractivity contribution is 0.352. The van der Waals surface area contributed by atoms with E-state index in [0.29, 0.717) is 11.1 Å². The van der Waals surface area contributed by atoms with Gasteiger partial charge in [0, 0.05) is 18.7 Å². The number of pyridine rings is 1. The standard InChI is InChI=1S/C13H16ClN3/c1-2-16-8-6-10(9-16)13-15-12(14)11-5-3-4-7-17(11)13/h3-5,7,10H,2,6,8-9H2,1H3. The Morgan fingerprint density at radius 2 is 2.35 bits per heavy atom. The number of rotatable bonds is 2. The van der Waals surface area contributed by atoms with E-state index < -0.39 is 0 Å². The van der Waals surface area contributed by atoms with Crippen LogP contribution in [-0.4, -0.2) is 33.9 Å². The van der Waals surface area contributed by atoms with E-state index in [2.05, 4.69) is 27.4 Å². The highest BCUT2D eigenvalue weighted by molar-refractivity contribution is 6.32. The van der Waals surface area contributed by atoms with Gasteiger partial charge in [0.15, 0.2) is 5.15 Å². The summed E-state index contributed by atoms with van der Waals surface area (Å²) in [4.78, 5) is 7.00. The van der Waals surface area contributed by atoms with Crippen molar-refractivity contribution in [2.45, 2.75) is 19.3 Å². The molecule has 2 aromatic heterocycles. The summed E-state index contributed by atoms with van der Waals surface area (Å²) in [6, 6.07) is 6.05. The summed E-state index contributed by atoms with van der Waals surface area (Å²) >= 11 is 6.18. The topological polar surface area (TPSA) is 20.5 Å². The van der Waals surface area contributed by atoms with Gasteiger partial charge in [0.2, 0.25) is 0 Å². The van der Waals surface area contributed by atoms with Crippen LogP contribution in [0.2, 0.25) is 5.15 Å². The molecule has 0 spiro atoms. The van der Waals surface area contributed by atoms with Crippen molar-refractivity contribution in [2.75, 3.05) is 19.6 Å². The molecule has 3 nitrogen and oxygen atoms in total. The molecule has 0 N–H and O–H groups in total. The first-order valence-corrected chi connectivity index (χ1v) is 6.52. The molecule has 3 rings (SSSR count). The van der Waals surface area contributed by atoms with Gasteiger partial charge >= 0.3 is 0 Å². The molecule has 0 amide bonds. The monoisotopic (exact) mass is 249 g/mol. The fraction of sp³-hybridized carbons (Fsp3) is 0.462. The van der Waals surface area contributed by atoms with Gasteiger partial charge in [0.25, 0.3) is 0 Å². The van der Waals surface area contributed by atoms with Gasteiger partial charge in [0.1, 0.15) is 5.82 Å². The maximum absolute atomic E-state index is 6.18. The largest absolute Gasteiger partial charge is 0.303 e. The third kappa shape index (κ3) is 1.83. The molecule has 0 aliphatic carbocycles. The normalized spacial score (nSPS) is 21.4. The summed E-state index contributed by atoms with van der Waals surface area (Å²) < 4.78 is 2.13. The van der Waals surface area contributed by atoms with E-state index in [1.54, 1.807) is 0 Å². The van der Waals surface area contributed by atoms with Crippen LogP contribution in [0.5, 0.6) is 0 Å². The fourth-order valence-electron chi connectivity index (χ4n) is 2.64. The van der Waals surface area contributed by atoms with Gasteiger partial charge in [0.05, 0.1) is 5.52 Å². The predicted octanol–water partition coefficient (Wildman–Crippen LogP) is 2.80. The Kier molecular flexibility index (Phi) is 2.81. The molecular formula is C13H16ClN3. The molecule has 17 heavy (non-hydrogen) atoms. The van der Waals surface area contributed by atoms with E-state index >= 15 is 0 Å². The Balaban J connectivity index is 2.01. The Labute approximate surface area is 106 Å². The van der Waals surface area contributed by atoms with E-state index in [1.165, 1.54) is 13.0 Å². The molecule has 90 valence electrons. The van der Waals surface area contributed by atoms with Gasteiger partial charge in [-0.05, 0) is 31.6 Å². The van der Waals surface area contributed by atoms with Crippen LogP contribution in [0.1, 0.15) is 25.1 Å². The second-order valence-electron chi connectivity index (χ2n) is 4.60. The van der Waals surface area contributed by atoms with Crippen molar-refractivity contribution in [3.63, 3.8) is 0 Å². The lowest BCUT2D eigenvalue weighted by atomic mass is 10.1. The summed E-state index contributed by atoms with van der Waals surface area (Å²) in [7, 11) is 0. The minimum absolute atomic E-state index is 0.511. The molecule has 0 saturated carbocycles. The quantitative estimate of drug-likeness (QED) is 0.816. The first-order chi connectivity index (χ1) is 8.29.